The minimum atomic E-state index is -0.0285. The molecule has 1 atom stereocenters. The number of rotatable bonds is 6. The summed E-state index contributed by atoms with van der Waals surface area (Å²) in [5.74, 6) is 0.731. The molecule has 0 fully saturated rings. The third-order valence-corrected chi connectivity index (χ3v) is 3.67. The number of anilines is 1. The highest BCUT2D eigenvalue weighted by Gasteiger charge is 2.13. The molecule has 0 saturated carbocycles. The Morgan fingerprint density at radius 1 is 1.35 bits per heavy atom. The summed E-state index contributed by atoms with van der Waals surface area (Å²) in [5, 5.41) is 11.9. The van der Waals surface area contributed by atoms with E-state index >= 15 is 0 Å². The van der Waals surface area contributed by atoms with E-state index in [9.17, 15) is 4.79 Å². The molecule has 1 aromatic carbocycles. The zero-order valence-electron chi connectivity index (χ0n) is 11.5. The average Bonchev–Trinajstić information content (AvgIpc) is 2.92. The number of nitrogens with zero attached hydrogens (tertiary/aromatic N) is 2. The molecule has 2 rings (SSSR count). The first-order chi connectivity index (χ1) is 9.69. The molecule has 0 unspecified atom stereocenters. The minimum Gasteiger partial charge on any atom is -0.486 e. The van der Waals surface area contributed by atoms with Gasteiger partial charge in [0, 0.05) is 5.92 Å². The van der Waals surface area contributed by atoms with Gasteiger partial charge in [-0.25, -0.2) is 0 Å². The summed E-state index contributed by atoms with van der Waals surface area (Å²) in [6.07, 6.45) is 0.800. The Kier molecular flexibility index (Phi) is 5.06. The van der Waals surface area contributed by atoms with Crippen LogP contribution in [-0.4, -0.2) is 16.1 Å². The van der Waals surface area contributed by atoms with Crippen LogP contribution in [0.25, 0.3) is 0 Å². The summed E-state index contributed by atoms with van der Waals surface area (Å²) < 4.78 is 5.57. The molecular weight excluding hydrogens is 274 g/mol. The molecule has 2 aromatic rings. The normalized spacial score (nSPS) is 11.9. The molecule has 0 saturated heterocycles. The van der Waals surface area contributed by atoms with Gasteiger partial charge in [-0.15, -0.1) is 10.2 Å². The van der Waals surface area contributed by atoms with Gasteiger partial charge in [-0.3, -0.25) is 4.79 Å². The van der Waals surface area contributed by atoms with E-state index < -0.39 is 0 Å². The maximum atomic E-state index is 11.7. The number of benzene rings is 1. The van der Waals surface area contributed by atoms with E-state index in [1.54, 1.807) is 0 Å². The molecule has 1 amide bonds. The summed E-state index contributed by atoms with van der Waals surface area (Å²) in [6, 6.07) is 9.51. The molecule has 1 aromatic heterocycles. The first-order valence-corrected chi connectivity index (χ1v) is 7.31. The Balaban J connectivity index is 1.88. The second-order valence-electron chi connectivity index (χ2n) is 4.40. The quantitative estimate of drug-likeness (QED) is 0.888. The number of carbonyl (C=O) groups excluding carboxylic acids is 1. The fourth-order valence-electron chi connectivity index (χ4n) is 1.44. The van der Waals surface area contributed by atoms with Crippen molar-refractivity contribution in [3.8, 4) is 5.75 Å². The summed E-state index contributed by atoms with van der Waals surface area (Å²) in [6.45, 7) is 4.21. The van der Waals surface area contributed by atoms with Crippen molar-refractivity contribution in [3.05, 3.63) is 35.3 Å². The smallest absolute Gasteiger partial charge is 0.229 e. The van der Waals surface area contributed by atoms with E-state index in [2.05, 4.69) is 15.5 Å². The molecule has 1 N–H and O–H groups in total. The monoisotopic (exact) mass is 291 g/mol. The van der Waals surface area contributed by atoms with Crippen LogP contribution < -0.4 is 10.1 Å². The van der Waals surface area contributed by atoms with Crippen molar-refractivity contribution in [1.82, 2.24) is 10.2 Å². The van der Waals surface area contributed by atoms with E-state index in [0.29, 0.717) is 11.7 Å². The highest BCUT2D eigenvalue weighted by Crippen LogP contribution is 2.18. The molecule has 0 aliphatic heterocycles. The Labute approximate surface area is 122 Å². The maximum absolute atomic E-state index is 11.7. The van der Waals surface area contributed by atoms with Crippen LogP contribution in [0, 0.1) is 5.92 Å². The lowest BCUT2D eigenvalue weighted by Crippen LogP contribution is -2.19. The zero-order valence-corrected chi connectivity index (χ0v) is 12.3. The molecule has 0 aliphatic rings. The molecule has 0 radical (unpaired) electrons. The van der Waals surface area contributed by atoms with Gasteiger partial charge in [0.15, 0.2) is 5.01 Å². The van der Waals surface area contributed by atoms with Crippen LogP contribution in [-0.2, 0) is 11.4 Å². The molecule has 20 heavy (non-hydrogen) atoms. The average molecular weight is 291 g/mol. The Bertz CT molecular complexity index is 557. The number of carbonyl (C=O) groups is 1. The first-order valence-electron chi connectivity index (χ1n) is 6.50. The predicted molar refractivity (Wildman–Crippen MR) is 78.8 cm³/mol. The van der Waals surface area contributed by atoms with Crippen molar-refractivity contribution in [2.24, 2.45) is 5.92 Å². The standard InChI is InChI=1S/C14H17N3O2S/c1-3-10(2)13(18)15-14-17-16-12(20-14)9-19-11-7-5-4-6-8-11/h4-8,10H,3,9H2,1-2H3,(H,15,17,18)/t10-/m0/s1. The van der Waals surface area contributed by atoms with Crippen molar-refractivity contribution < 1.29 is 9.53 Å². The Morgan fingerprint density at radius 2 is 2.10 bits per heavy atom. The van der Waals surface area contributed by atoms with Gasteiger partial charge in [0.1, 0.15) is 12.4 Å². The zero-order chi connectivity index (χ0) is 14.4. The van der Waals surface area contributed by atoms with Gasteiger partial charge < -0.3 is 10.1 Å². The van der Waals surface area contributed by atoms with Crippen LogP contribution in [0.2, 0.25) is 0 Å². The van der Waals surface area contributed by atoms with E-state index in [1.165, 1.54) is 11.3 Å². The number of ether oxygens (including phenoxy) is 1. The van der Waals surface area contributed by atoms with Crippen LogP contribution >= 0.6 is 11.3 Å². The van der Waals surface area contributed by atoms with Crippen LogP contribution in [0.5, 0.6) is 5.75 Å². The van der Waals surface area contributed by atoms with E-state index in [4.69, 9.17) is 4.74 Å². The van der Waals surface area contributed by atoms with Crippen molar-refractivity contribution in [2.45, 2.75) is 26.9 Å². The van der Waals surface area contributed by atoms with Crippen LogP contribution in [0.3, 0.4) is 0 Å². The number of amides is 1. The van der Waals surface area contributed by atoms with Gasteiger partial charge in [0.05, 0.1) is 0 Å². The lowest BCUT2D eigenvalue weighted by molar-refractivity contribution is -0.119. The topological polar surface area (TPSA) is 64.1 Å². The van der Waals surface area contributed by atoms with Gasteiger partial charge in [-0.1, -0.05) is 43.4 Å². The highest BCUT2D eigenvalue weighted by atomic mass is 32.1. The summed E-state index contributed by atoms with van der Waals surface area (Å²) in [5.41, 5.74) is 0. The van der Waals surface area contributed by atoms with Crippen LogP contribution in [0.1, 0.15) is 25.3 Å². The van der Waals surface area contributed by atoms with E-state index in [1.807, 2.05) is 44.2 Å². The third-order valence-electron chi connectivity index (χ3n) is 2.86. The number of nitrogens with one attached hydrogen (secondary N) is 1. The highest BCUT2D eigenvalue weighted by molar-refractivity contribution is 7.15. The van der Waals surface area contributed by atoms with Crippen molar-refractivity contribution in [1.29, 1.82) is 0 Å². The van der Waals surface area contributed by atoms with Gasteiger partial charge in [-0.2, -0.15) is 0 Å². The predicted octanol–water partition coefficient (Wildman–Crippen LogP) is 3.10. The number of hydrogen-bond donors (Lipinski definition) is 1. The van der Waals surface area contributed by atoms with Crippen molar-refractivity contribution in [2.75, 3.05) is 5.32 Å². The number of hydrogen-bond acceptors (Lipinski definition) is 5. The van der Waals surface area contributed by atoms with E-state index in [0.717, 1.165) is 17.2 Å². The fraction of sp³-hybridized carbons (Fsp3) is 0.357. The molecule has 0 aliphatic carbocycles. The Morgan fingerprint density at radius 3 is 2.80 bits per heavy atom. The van der Waals surface area contributed by atoms with Crippen LogP contribution in [0.15, 0.2) is 30.3 Å². The number of aromatic nitrogens is 2. The summed E-state index contributed by atoms with van der Waals surface area (Å²) in [7, 11) is 0. The molecule has 5 nitrogen and oxygen atoms in total. The number of para-hydroxylation sites is 1. The van der Waals surface area contributed by atoms with Gasteiger partial charge in [0.25, 0.3) is 0 Å². The fourth-order valence-corrected chi connectivity index (χ4v) is 2.09. The second kappa shape index (κ2) is 7.00. The molecule has 106 valence electrons. The largest absolute Gasteiger partial charge is 0.486 e. The SMILES string of the molecule is CC[C@H](C)C(=O)Nc1nnc(COc2ccccc2)s1. The minimum absolute atomic E-state index is 0.0251. The van der Waals surface area contributed by atoms with E-state index in [-0.39, 0.29) is 11.8 Å². The lowest BCUT2D eigenvalue weighted by Gasteiger charge is -2.06. The summed E-state index contributed by atoms with van der Waals surface area (Å²) >= 11 is 1.33. The lowest BCUT2D eigenvalue weighted by atomic mass is 10.1. The molecule has 6 heteroatoms. The molecular formula is C14H17N3O2S. The van der Waals surface area contributed by atoms with Gasteiger partial charge in [-0.05, 0) is 18.6 Å². The molecule has 0 spiro atoms. The first kappa shape index (κ1) is 14.5. The van der Waals surface area contributed by atoms with Gasteiger partial charge >= 0.3 is 0 Å². The van der Waals surface area contributed by atoms with Crippen molar-refractivity contribution in [3.63, 3.8) is 0 Å². The summed E-state index contributed by atoms with van der Waals surface area (Å²) in [4.78, 5) is 11.7. The second-order valence-corrected chi connectivity index (χ2v) is 5.46. The van der Waals surface area contributed by atoms with Crippen molar-refractivity contribution >= 4 is 22.4 Å². The molecule has 0 bridgehead atoms. The van der Waals surface area contributed by atoms with Crippen LogP contribution in [0.4, 0.5) is 5.13 Å². The third kappa shape index (κ3) is 4.03. The molecule has 1 heterocycles. The Hall–Kier alpha value is -1.95. The maximum Gasteiger partial charge on any atom is 0.229 e. The van der Waals surface area contributed by atoms with Gasteiger partial charge in [0.2, 0.25) is 11.0 Å².